The highest BCUT2D eigenvalue weighted by atomic mass is 32.2. The van der Waals surface area contributed by atoms with Crippen LogP contribution in [0.15, 0.2) is 4.40 Å². The molecule has 0 aromatic heterocycles. The van der Waals surface area contributed by atoms with Gasteiger partial charge in [-0.05, 0) is 40.0 Å². The van der Waals surface area contributed by atoms with Gasteiger partial charge in [-0.1, -0.05) is 0 Å². The lowest BCUT2D eigenvalue weighted by Gasteiger charge is -2.33. The summed E-state index contributed by atoms with van der Waals surface area (Å²) in [5, 5.41) is 0. The van der Waals surface area contributed by atoms with Gasteiger partial charge in [0.15, 0.2) is 0 Å². The van der Waals surface area contributed by atoms with Gasteiger partial charge in [-0.15, -0.1) is 0 Å². The largest absolute Gasteiger partial charge is 0.342 e. The van der Waals surface area contributed by atoms with Crippen LogP contribution in [-0.2, 0) is 20.5 Å². The van der Waals surface area contributed by atoms with Gasteiger partial charge in [0.2, 0.25) is 5.79 Å². The van der Waals surface area contributed by atoms with E-state index in [1.165, 1.54) is 0 Å². The van der Waals surface area contributed by atoms with Crippen molar-refractivity contribution in [3.8, 4) is 0 Å². The minimum Gasteiger partial charge on any atom is -0.342 e. The van der Waals surface area contributed by atoms with Crippen molar-refractivity contribution >= 4 is 16.7 Å². The Morgan fingerprint density at radius 1 is 1.24 bits per heavy atom. The molecular formula is C12H21NO3S. The molecule has 2 fully saturated rings. The standard InChI is InChI=1S/C12H21NO3S/c1-11(2,3)17(14)13-10-6-4-5-7-12(10)15-8-9-16-12/h4-9H2,1-3H3/b13-10+/t17-/m0/s1. The average Bonchev–Trinajstić information content (AvgIpc) is 2.70. The van der Waals surface area contributed by atoms with Gasteiger partial charge >= 0.3 is 0 Å². The third kappa shape index (κ3) is 2.77. The van der Waals surface area contributed by atoms with Gasteiger partial charge in [0.1, 0.15) is 11.0 Å². The first-order valence-electron chi connectivity index (χ1n) is 6.22. The zero-order chi connectivity index (χ0) is 12.5. The molecule has 1 saturated heterocycles. The van der Waals surface area contributed by atoms with E-state index < -0.39 is 16.8 Å². The van der Waals surface area contributed by atoms with Crippen molar-refractivity contribution in [1.29, 1.82) is 0 Å². The van der Waals surface area contributed by atoms with Crippen LogP contribution in [0.2, 0.25) is 0 Å². The van der Waals surface area contributed by atoms with Crippen LogP contribution in [0.3, 0.4) is 0 Å². The molecule has 1 heterocycles. The van der Waals surface area contributed by atoms with Crippen molar-refractivity contribution in [2.75, 3.05) is 13.2 Å². The maximum absolute atomic E-state index is 12.1. The van der Waals surface area contributed by atoms with Crippen molar-refractivity contribution in [3.05, 3.63) is 0 Å². The van der Waals surface area contributed by atoms with Crippen molar-refractivity contribution < 1.29 is 13.7 Å². The second-order valence-corrected chi connectivity index (χ2v) is 7.46. The van der Waals surface area contributed by atoms with Crippen LogP contribution in [0.4, 0.5) is 0 Å². The van der Waals surface area contributed by atoms with E-state index in [4.69, 9.17) is 9.47 Å². The minimum atomic E-state index is -1.23. The van der Waals surface area contributed by atoms with E-state index in [2.05, 4.69) is 4.40 Å². The third-order valence-electron chi connectivity index (χ3n) is 3.08. The fourth-order valence-corrected chi connectivity index (χ4v) is 2.81. The first-order chi connectivity index (χ1) is 7.94. The lowest BCUT2D eigenvalue weighted by molar-refractivity contribution is -0.109. The zero-order valence-electron chi connectivity index (χ0n) is 10.8. The second kappa shape index (κ2) is 4.78. The highest BCUT2D eigenvalue weighted by Crippen LogP contribution is 2.34. The van der Waals surface area contributed by atoms with E-state index in [-0.39, 0.29) is 4.75 Å². The molecule has 0 radical (unpaired) electrons. The quantitative estimate of drug-likeness (QED) is 0.725. The normalized spacial score (nSPS) is 28.8. The SMILES string of the molecule is CC(C)(C)[S@](=O)/N=C1\CCCCC12OCCO2. The van der Waals surface area contributed by atoms with Gasteiger partial charge in [0.05, 0.1) is 23.7 Å². The second-order valence-electron chi connectivity index (χ2n) is 5.56. The molecule has 0 aromatic rings. The van der Waals surface area contributed by atoms with Crippen LogP contribution in [0.25, 0.3) is 0 Å². The Morgan fingerprint density at radius 3 is 2.47 bits per heavy atom. The average molecular weight is 259 g/mol. The van der Waals surface area contributed by atoms with E-state index in [0.717, 1.165) is 31.4 Å². The van der Waals surface area contributed by atoms with Crippen LogP contribution in [0, 0.1) is 0 Å². The Balaban J connectivity index is 2.22. The molecule has 1 saturated carbocycles. The molecule has 0 amide bonds. The van der Waals surface area contributed by atoms with Crippen LogP contribution in [0.1, 0.15) is 46.5 Å². The fraction of sp³-hybridized carbons (Fsp3) is 0.917. The highest BCUT2D eigenvalue weighted by molar-refractivity contribution is 7.85. The molecule has 1 spiro atoms. The molecule has 5 heteroatoms. The van der Waals surface area contributed by atoms with Crippen molar-refractivity contribution in [1.82, 2.24) is 0 Å². The van der Waals surface area contributed by atoms with Crippen molar-refractivity contribution in [3.63, 3.8) is 0 Å². The summed E-state index contributed by atoms with van der Waals surface area (Å²) in [6.45, 7) is 7.01. The number of ether oxygens (including phenoxy) is 2. The summed E-state index contributed by atoms with van der Waals surface area (Å²) in [5.74, 6) is -0.654. The number of hydrogen-bond donors (Lipinski definition) is 0. The number of hydrogen-bond acceptors (Lipinski definition) is 3. The Morgan fingerprint density at radius 2 is 1.88 bits per heavy atom. The monoisotopic (exact) mass is 259 g/mol. The summed E-state index contributed by atoms with van der Waals surface area (Å²) in [4.78, 5) is 0. The van der Waals surface area contributed by atoms with Crippen LogP contribution < -0.4 is 0 Å². The van der Waals surface area contributed by atoms with E-state index in [1.807, 2.05) is 20.8 Å². The van der Waals surface area contributed by atoms with Gasteiger partial charge in [-0.25, -0.2) is 4.21 Å². The van der Waals surface area contributed by atoms with E-state index >= 15 is 0 Å². The van der Waals surface area contributed by atoms with E-state index in [1.54, 1.807) is 0 Å². The molecule has 1 aliphatic heterocycles. The van der Waals surface area contributed by atoms with Gasteiger partial charge < -0.3 is 9.47 Å². The fourth-order valence-electron chi connectivity index (χ4n) is 2.10. The Bertz CT molecular complexity index is 340. The topological polar surface area (TPSA) is 47.9 Å². The van der Waals surface area contributed by atoms with Gasteiger partial charge in [-0.2, -0.15) is 4.40 Å². The summed E-state index contributed by atoms with van der Waals surface area (Å²) in [6.07, 6.45) is 3.84. The van der Waals surface area contributed by atoms with Gasteiger partial charge in [0, 0.05) is 6.42 Å². The molecule has 17 heavy (non-hydrogen) atoms. The summed E-state index contributed by atoms with van der Waals surface area (Å²) in [6, 6.07) is 0. The van der Waals surface area contributed by atoms with Gasteiger partial charge in [0.25, 0.3) is 0 Å². The molecule has 0 bridgehead atoms. The van der Waals surface area contributed by atoms with Crippen LogP contribution in [-0.4, -0.2) is 33.7 Å². The summed E-state index contributed by atoms with van der Waals surface area (Å²) >= 11 is 0. The molecular weight excluding hydrogens is 238 g/mol. The molecule has 2 aliphatic rings. The van der Waals surface area contributed by atoms with Gasteiger partial charge in [-0.3, -0.25) is 0 Å². The van der Waals surface area contributed by atoms with E-state index in [0.29, 0.717) is 13.2 Å². The molecule has 1 atom stereocenters. The molecule has 98 valence electrons. The first kappa shape index (κ1) is 13.2. The zero-order valence-corrected chi connectivity index (χ0v) is 11.6. The van der Waals surface area contributed by atoms with Crippen molar-refractivity contribution in [2.24, 2.45) is 4.40 Å². The Labute approximate surface area is 105 Å². The summed E-state index contributed by atoms with van der Waals surface area (Å²) in [7, 11) is -1.23. The molecule has 1 aliphatic carbocycles. The predicted octanol–water partition coefficient (Wildman–Crippen LogP) is 2.21. The first-order valence-corrected chi connectivity index (χ1v) is 7.33. The molecule has 4 nitrogen and oxygen atoms in total. The smallest absolute Gasteiger partial charge is 0.209 e. The number of nitrogens with zero attached hydrogens (tertiary/aromatic N) is 1. The highest BCUT2D eigenvalue weighted by Gasteiger charge is 2.44. The lowest BCUT2D eigenvalue weighted by Crippen LogP contribution is -2.43. The van der Waals surface area contributed by atoms with E-state index in [9.17, 15) is 4.21 Å². The van der Waals surface area contributed by atoms with Crippen LogP contribution >= 0.6 is 0 Å². The van der Waals surface area contributed by atoms with Crippen LogP contribution in [0.5, 0.6) is 0 Å². The predicted molar refractivity (Wildman–Crippen MR) is 68.4 cm³/mol. The summed E-state index contributed by atoms with van der Waals surface area (Å²) in [5.41, 5.74) is 0.842. The minimum absolute atomic E-state index is 0.329. The third-order valence-corrected chi connectivity index (χ3v) is 4.51. The summed E-state index contributed by atoms with van der Waals surface area (Å²) < 4.78 is 27.6. The molecule has 0 aromatic carbocycles. The maximum atomic E-state index is 12.1. The molecule has 0 unspecified atom stereocenters. The Kier molecular flexibility index (Phi) is 3.71. The molecule has 0 N–H and O–H groups in total. The maximum Gasteiger partial charge on any atom is 0.209 e. The number of rotatable bonds is 1. The lowest BCUT2D eigenvalue weighted by atomic mass is 9.92. The van der Waals surface area contributed by atoms with Crippen molar-refractivity contribution in [2.45, 2.75) is 57.0 Å². The Hall–Kier alpha value is -0.260. The molecule has 2 rings (SSSR count).